The fourth-order valence-corrected chi connectivity index (χ4v) is 4.01. The predicted molar refractivity (Wildman–Crippen MR) is 99.4 cm³/mol. The zero-order valence-electron chi connectivity index (χ0n) is 15.5. The van der Waals surface area contributed by atoms with Crippen LogP contribution in [0.25, 0.3) is 0 Å². The van der Waals surface area contributed by atoms with Crippen LogP contribution in [0.15, 0.2) is 18.5 Å². The van der Waals surface area contributed by atoms with Crippen molar-refractivity contribution in [1.29, 1.82) is 0 Å². The van der Waals surface area contributed by atoms with Crippen molar-refractivity contribution in [3.05, 3.63) is 18.5 Å². The van der Waals surface area contributed by atoms with Gasteiger partial charge in [-0.15, -0.1) is 0 Å². The minimum atomic E-state index is 0.150. The minimum absolute atomic E-state index is 0.150. The standard InChI is InChI=1S/C19H33N5O/c1-16(8-15-24-12-5-11-20-24)21-18-9-13-23(14-10-18)19(25)22-17-6-3-2-4-7-17/h5,11-12,16-18,21H,2-4,6-10,13-15H2,1H3,(H,22,25). The van der Waals surface area contributed by atoms with Gasteiger partial charge in [-0.3, -0.25) is 4.68 Å². The summed E-state index contributed by atoms with van der Waals surface area (Å²) in [4.78, 5) is 14.4. The third-order valence-electron chi connectivity index (χ3n) is 5.59. The Morgan fingerprint density at radius 2 is 1.92 bits per heavy atom. The van der Waals surface area contributed by atoms with E-state index in [1.165, 1.54) is 19.3 Å². The maximum atomic E-state index is 12.4. The van der Waals surface area contributed by atoms with Crippen molar-refractivity contribution in [2.24, 2.45) is 0 Å². The number of nitrogens with zero attached hydrogens (tertiary/aromatic N) is 3. The summed E-state index contributed by atoms with van der Waals surface area (Å²) >= 11 is 0. The van der Waals surface area contributed by atoms with Gasteiger partial charge >= 0.3 is 6.03 Å². The van der Waals surface area contributed by atoms with Crippen LogP contribution in [-0.4, -0.2) is 51.9 Å². The molecule has 2 heterocycles. The molecule has 25 heavy (non-hydrogen) atoms. The number of nitrogens with one attached hydrogen (secondary N) is 2. The Kier molecular flexibility index (Phi) is 6.73. The molecule has 1 aromatic heterocycles. The molecule has 0 aromatic carbocycles. The number of urea groups is 1. The lowest BCUT2D eigenvalue weighted by atomic mass is 9.95. The molecular weight excluding hydrogens is 314 g/mol. The van der Waals surface area contributed by atoms with Crippen LogP contribution >= 0.6 is 0 Å². The highest BCUT2D eigenvalue weighted by molar-refractivity contribution is 5.74. The van der Waals surface area contributed by atoms with Crippen LogP contribution < -0.4 is 10.6 Å². The number of piperidine rings is 1. The Labute approximate surface area is 151 Å². The number of hydrogen-bond donors (Lipinski definition) is 2. The summed E-state index contributed by atoms with van der Waals surface area (Å²) in [5.41, 5.74) is 0. The summed E-state index contributed by atoms with van der Waals surface area (Å²) < 4.78 is 1.98. The fraction of sp³-hybridized carbons (Fsp3) is 0.789. The summed E-state index contributed by atoms with van der Waals surface area (Å²) in [6.07, 6.45) is 13.1. The lowest BCUT2D eigenvalue weighted by molar-refractivity contribution is 0.167. The van der Waals surface area contributed by atoms with Gasteiger partial charge in [-0.25, -0.2) is 4.79 Å². The molecule has 1 saturated heterocycles. The predicted octanol–water partition coefficient (Wildman–Crippen LogP) is 2.76. The molecule has 2 N–H and O–H groups in total. The second-order valence-electron chi connectivity index (χ2n) is 7.67. The van der Waals surface area contributed by atoms with E-state index in [9.17, 15) is 4.79 Å². The Balaban J connectivity index is 1.32. The molecule has 2 amide bonds. The Morgan fingerprint density at radius 1 is 1.16 bits per heavy atom. The number of carbonyl (C=O) groups excluding carboxylic acids is 1. The smallest absolute Gasteiger partial charge is 0.317 e. The topological polar surface area (TPSA) is 62.2 Å². The Hall–Kier alpha value is -1.56. The molecule has 1 saturated carbocycles. The lowest BCUT2D eigenvalue weighted by Gasteiger charge is -2.35. The van der Waals surface area contributed by atoms with Crippen LogP contribution in [0.1, 0.15) is 58.3 Å². The average molecular weight is 348 g/mol. The van der Waals surface area contributed by atoms with Crippen molar-refractivity contribution < 1.29 is 4.79 Å². The molecule has 3 rings (SSSR count). The lowest BCUT2D eigenvalue weighted by Crippen LogP contribution is -2.51. The third-order valence-corrected chi connectivity index (χ3v) is 5.59. The van der Waals surface area contributed by atoms with E-state index in [-0.39, 0.29) is 6.03 Å². The SMILES string of the molecule is CC(CCn1cccn1)NC1CCN(C(=O)NC2CCCCC2)CC1. The van der Waals surface area contributed by atoms with Crippen molar-refractivity contribution in [1.82, 2.24) is 25.3 Å². The molecule has 0 radical (unpaired) electrons. The zero-order valence-corrected chi connectivity index (χ0v) is 15.5. The largest absolute Gasteiger partial charge is 0.335 e. The first kappa shape index (κ1) is 18.2. The van der Waals surface area contributed by atoms with Gasteiger partial charge in [0.1, 0.15) is 0 Å². The van der Waals surface area contributed by atoms with Gasteiger partial charge in [-0.2, -0.15) is 5.10 Å². The van der Waals surface area contributed by atoms with Gasteiger partial charge in [-0.05, 0) is 45.1 Å². The van der Waals surface area contributed by atoms with Crippen LogP contribution in [0.3, 0.4) is 0 Å². The first-order valence-corrected chi connectivity index (χ1v) is 9.99. The van der Waals surface area contributed by atoms with E-state index in [0.29, 0.717) is 18.1 Å². The van der Waals surface area contributed by atoms with E-state index < -0.39 is 0 Å². The summed E-state index contributed by atoms with van der Waals surface area (Å²) in [7, 11) is 0. The maximum Gasteiger partial charge on any atom is 0.317 e. The van der Waals surface area contributed by atoms with Gasteiger partial charge in [0.25, 0.3) is 0 Å². The van der Waals surface area contributed by atoms with Crippen molar-refractivity contribution >= 4 is 6.03 Å². The van der Waals surface area contributed by atoms with E-state index in [1.54, 1.807) is 0 Å². The minimum Gasteiger partial charge on any atom is -0.335 e. The van der Waals surface area contributed by atoms with E-state index in [1.807, 2.05) is 28.0 Å². The Morgan fingerprint density at radius 3 is 2.60 bits per heavy atom. The number of aromatic nitrogens is 2. The average Bonchev–Trinajstić information content (AvgIpc) is 3.15. The molecule has 6 nitrogen and oxygen atoms in total. The number of rotatable bonds is 6. The summed E-state index contributed by atoms with van der Waals surface area (Å²) in [6.45, 7) is 4.92. The molecule has 2 fully saturated rings. The zero-order chi connectivity index (χ0) is 17.5. The van der Waals surface area contributed by atoms with Gasteiger partial charge in [0.15, 0.2) is 0 Å². The summed E-state index contributed by atoms with van der Waals surface area (Å²) in [5.74, 6) is 0. The van der Waals surface area contributed by atoms with Gasteiger partial charge < -0.3 is 15.5 Å². The normalized spacial score (nSPS) is 21.2. The van der Waals surface area contributed by atoms with Gasteiger partial charge in [-0.1, -0.05) is 19.3 Å². The first-order chi connectivity index (χ1) is 12.2. The van der Waals surface area contributed by atoms with Crippen LogP contribution in [0.5, 0.6) is 0 Å². The highest BCUT2D eigenvalue weighted by Gasteiger charge is 2.25. The molecule has 140 valence electrons. The number of aryl methyl sites for hydroxylation is 1. The van der Waals surface area contributed by atoms with Crippen LogP contribution in [0.4, 0.5) is 4.79 Å². The molecule has 0 spiro atoms. The van der Waals surface area contributed by atoms with Crippen LogP contribution in [0, 0.1) is 0 Å². The molecule has 1 aliphatic heterocycles. The van der Waals surface area contributed by atoms with E-state index in [2.05, 4.69) is 22.7 Å². The van der Waals surface area contributed by atoms with E-state index in [4.69, 9.17) is 0 Å². The molecule has 2 aliphatic rings. The van der Waals surface area contributed by atoms with Crippen LogP contribution in [-0.2, 0) is 6.54 Å². The molecule has 1 unspecified atom stereocenters. The second kappa shape index (κ2) is 9.22. The number of amides is 2. The Bertz CT molecular complexity index is 504. The van der Waals surface area contributed by atoms with Gasteiger partial charge in [0, 0.05) is 50.2 Å². The number of carbonyl (C=O) groups is 1. The van der Waals surface area contributed by atoms with E-state index in [0.717, 1.165) is 51.7 Å². The summed E-state index contributed by atoms with van der Waals surface area (Å²) in [6, 6.07) is 3.51. The highest BCUT2D eigenvalue weighted by atomic mass is 16.2. The molecular formula is C19H33N5O. The molecule has 1 aromatic rings. The number of likely N-dealkylation sites (tertiary alicyclic amines) is 1. The van der Waals surface area contributed by atoms with Crippen LogP contribution in [0.2, 0.25) is 0 Å². The van der Waals surface area contributed by atoms with E-state index >= 15 is 0 Å². The van der Waals surface area contributed by atoms with Gasteiger partial charge in [0.05, 0.1) is 0 Å². The first-order valence-electron chi connectivity index (χ1n) is 9.99. The molecule has 1 aliphatic carbocycles. The van der Waals surface area contributed by atoms with Crippen molar-refractivity contribution in [3.8, 4) is 0 Å². The van der Waals surface area contributed by atoms with Gasteiger partial charge in [0.2, 0.25) is 0 Å². The third kappa shape index (κ3) is 5.73. The fourth-order valence-electron chi connectivity index (χ4n) is 4.01. The highest BCUT2D eigenvalue weighted by Crippen LogP contribution is 2.18. The molecule has 6 heteroatoms. The van der Waals surface area contributed by atoms with Crippen molar-refractivity contribution in [2.45, 2.75) is 83.0 Å². The quantitative estimate of drug-likeness (QED) is 0.832. The molecule has 0 bridgehead atoms. The van der Waals surface area contributed by atoms with Crippen molar-refractivity contribution in [2.75, 3.05) is 13.1 Å². The summed E-state index contributed by atoms with van der Waals surface area (Å²) in [5, 5.41) is 11.2. The maximum absolute atomic E-state index is 12.4. The molecule has 1 atom stereocenters. The monoisotopic (exact) mass is 347 g/mol. The number of hydrogen-bond acceptors (Lipinski definition) is 3. The second-order valence-corrected chi connectivity index (χ2v) is 7.67. The van der Waals surface area contributed by atoms with Crippen molar-refractivity contribution in [3.63, 3.8) is 0 Å².